The van der Waals surface area contributed by atoms with E-state index in [9.17, 15) is 4.79 Å². The molecule has 18 heavy (non-hydrogen) atoms. The third-order valence-electron chi connectivity index (χ3n) is 2.52. The quantitative estimate of drug-likeness (QED) is 0.610. The van der Waals surface area contributed by atoms with E-state index in [4.69, 9.17) is 23.8 Å². The molecule has 7 heteroatoms. The van der Waals surface area contributed by atoms with Gasteiger partial charge < -0.3 is 5.32 Å². The van der Waals surface area contributed by atoms with Crippen LogP contribution in [0.3, 0.4) is 0 Å². The first-order valence-corrected chi connectivity index (χ1v) is 5.90. The van der Waals surface area contributed by atoms with E-state index in [0.717, 1.165) is 5.65 Å². The predicted molar refractivity (Wildman–Crippen MR) is 72.1 cm³/mol. The standard InChI is InChI=1S/C11H7ClN4OS/c12-9-7(5-6-10(17)15-11(18)13-6)16-4-2-1-3-8(16)14-9/h1-5H,(H2,13,15,17,18). The number of rotatable bonds is 1. The molecule has 3 heterocycles. The number of halogens is 1. The van der Waals surface area contributed by atoms with Crippen molar-refractivity contribution in [3.8, 4) is 0 Å². The first-order chi connectivity index (χ1) is 8.65. The summed E-state index contributed by atoms with van der Waals surface area (Å²) in [7, 11) is 0. The maximum atomic E-state index is 11.6. The average Bonchev–Trinajstić information content (AvgIpc) is 2.81. The van der Waals surface area contributed by atoms with E-state index in [1.54, 1.807) is 10.5 Å². The van der Waals surface area contributed by atoms with Crippen molar-refractivity contribution in [3.63, 3.8) is 0 Å². The molecule has 0 saturated carbocycles. The fourth-order valence-corrected chi connectivity index (χ4v) is 2.17. The molecule has 2 aromatic rings. The summed E-state index contributed by atoms with van der Waals surface area (Å²) in [6.07, 6.45) is 3.45. The fraction of sp³-hybridized carbons (Fsp3) is 0. The molecule has 90 valence electrons. The van der Waals surface area contributed by atoms with Crippen molar-refractivity contribution in [1.82, 2.24) is 20.0 Å². The van der Waals surface area contributed by atoms with Gasteiger partial charge in [0.2, 0.25) is 0 Å². The zero-order valence-electron chi connectivity index (χ0n) is 8.98. The van der Waals surface area contributed by atoms with Crippen molar-refractivity contribution < 1.29 is 4.79 Å². The number of thiocarbonyl (C=S) groups is 1. The Morgan fingerprint density at radius 3 is 2.94 bits per heavy atom. The van der Waals surface area contributed by atoms with Gasteiger partial charge in [-0.1, -0.05) is 17.7 Å². The van der Waals surface area contributed by atoms with Crippen LogP contribution in [0.5, 0.6) is 0 Å². The monoisotopic (exact) mass is 278 g/mol. The molecule has 0 aromatic carbocycles. The Labute approximate surface area is 112 Å². The summed E-state index contributed by atoms with van der Waals surface area (Å²) in [5, 5.41) is 5.88. The highest BCUT2D eigenvalue weighted by Crippen LogP contribution is 2.20. The fourth-order valence-electron chi connectivity index (χ4n) is 1.73. The van der Waals surface area contributed by atoms with Gasteiger partial charge in [-0.05, 0) is 30.4 Å². The Hall–Kier alpha value is -1.92. The molecule has 0 aliphatic carbocycles. The summed E-state index contributed by atoms with van der Waals surface area (Å²) in [4.78, 5) is 15.7. The minimum Gasteiger partial charge on any atom is -0.328 e. The molecular formula is C11H7ClN4OS. The maximum absolute atomic E-state index is 11.6. The Morgan fingerprint density at radius 1 is 1.39 bits per heavy atom. The number of pyridine rings is 1. The summed E-state index contributed by atoms with van der Waals surface area (Å²) in [5.41, 5.74) is 1.71. The third-order valence-corrected chi connectivity index (χ3v) is 3.01. The third kappa shape index (κ3) is 1.75. The molecule has 0 bridgehead atoms. The van der Waals surface area contributed by atoms with E-state index in [0.29, 0.717) is 16.5 Å². The summed E-state index contributed by atoms with van der Waals surface area (Å²) in [5.74, 6) is -0.276. The molecule has 1 aliphatic heterocycles. The molecule has 3 rings (SSSR count). The van der Waals surface area contributed by atoms with Crippen LogP contribution in [-0.4, -0.2) is 20.4 Å². The van der Waals surface area contributed by atoms with E-state index >= 15 is 0 Å². The number of nitrogens with one attached hydrogen (secondary N) is 2. The van der Waals surface area contributed by atoms with Gasteiger partial charge in [0.15, 0.2) is 10.3 Å². The average molecular weight is 279 g/mol. The Balaban J connectivity index is 2.15. The Bertz CT molecular complexity index is 706. The number of amides is 1. The zero-order valence-corrected chi connectivity index (χ0v) is 10.5. The molecule has 2 N–H and O–H groups in total. The van der Waals surface area contributed by atoms with E-state index in [1.807, 2.05) is 24.4 Å². The highest BCUT2D eigenvalue weighted by Gasteiger charge is 2.21. The summed E-state index contributed by atoms with van der Waals surface area (Å²) in [6, 6.07) is 5.56. The largest absolute Gasteiger partial charge is 0.328 e. The van der Waals surface area contributed by atoms with Crippen LogP contribution in [0.15, 0.2) is 30.1 Å². The van der Waals surface area contributed by atoms with E-state index < -0.39 is 0 Å². The molecule has 0 radical (unpaired) electrons. The smallest absolute Gasteiger partial charge is 0.273 e. The molecule has 5 nitrogen and oxygen atoms in total. The van der Waals surface area contributed by atoms with Crippen LogP contribution >= 0.6 is 23.8 Å². The summed E-state index contributed by atoms with van der Waals surface area (Å²) >= 11 is 10.9. The van der Waals surface area contributed by atoms with E-state index in [-0.39, 0.29) is 11.0 Å². The Kier molecular flexibility index (Phi) is 2.53. The minimum absolute atomic E-state index is 0.276. The van der Waals surface area contributed by atoms with Crippen LogP contribution in [0, 0.1) is 0 Å². The lowest BCUT2D eigenvalue weighted by Gasteiger charge is -1.97. The number of carbonyl (C=O) groups is 1. The summed E-state index contributed by atoms with van der Waals surface area (Å²) < 4.78 is 1.80. The second-order valence-electron chi connectivity index (χ2n) is 3.68. The number of nitrogens with zero attached hydrogens (tertiary/aromatic N) is 2. The van der Waals surface area contributed by atoms with E-state index in [1.165, 1.54) is 0 Å². The number of aromatic nitrogens is 2. The number of fused-ring (bicyclic) bond motifs is 1. The topological polar surface area (TPSA) is 58.4 Å². The second-order valence-corrected chi connectivity index (χ2v) is 4.45. The van der Waals surface area contributed by atoms with Crippen LogP contribution in [0.4, 0.5) is 0 Å². The van der Waals surface area contributed by atoms with Crippen molar-refractivity contribution in [2.45, 2.75) is 0 Å². The molecular weight excluding hydrogens is 272 g/mol. The van der Waals surface area contributed by atoms with Gasteiger partial charge in [0, 0.05) is 6.20 Å². The zero-order chi connectivity index (χ0) is 12.7. The maximum Gasteiger partial charge on any atom is 0.273 e. The van der Waals surface area contributed by atoms with Gasteiger partial charge in [-0.15, -0.1) is 0 Å². The molecule has 2 aromatic heterocycles. The SMILES string of the molecule is O=C1NC(=S)NC1=Cc1c(Cl)nc2ccccn12. The molecule has 1 aliphatic rings. The summed E-state index contributed by atoms with van der Waals surface area (Å²) in [6.45, 7) is 0. The molecule has 1 amide bonds. The lowest BCUT2D eigenvalue weighted by Crippen LogP contribution is -2.21. The number of carbonyl (C=O) groups excluding carboxylic acids is 1. The van der Waals surface area contributed by atoms with Crippen molar-refractivity contribution in [2.75, 3.05) is 0 Å². The van der Waals surface area contributed by atoms with Gasteiger partial charge in [-0.2, -0.15) is 0 Å². The molecule has 1 saturated heterocycles. The number of hydrogen-bond acceptors (Lipinski definition) is 3. The van der Waals surface area contributed by atoms with Gasteiger partial charge in [0.1, 0.15) is 11.3 Å². The van der Waals surface area contributed by atoms with Gasteiger partial charge in [0.05, 0.1) is 5.69 Å². The highest BCUT2D eigenvalue weighted by molar-refractivity contribution is 7.80. The van der Waals surface area contributed by atoms with E-state index in [2.05, 4.69) is 15.6 Å². The number of imidazole rings is 1. The highest BCUT2D eigenvalue weighted by atomic mass is 35.5. The van der Waals surface area contributed by atoms with Crippen LogP contribution in [-0.2, 0) is 4.79 Å². The molecule has 1 fully saturated rings. The van der Waals surface area contributed by atoms with Crippen LogP contribution in [0.25, 0.3) is 11.7 Å². The Morgan fingerprint density at radius 2 is 2.22 bits per heavy atom. The molecule has 0 spiro atoms. The van der Waals surface area contributed by atoms with Crippen molar-refractivity contribution in [3.05, 3.63) is 40.9 Å². The van der Waals surface area contributed by atoms with Gasteiger partial charge in [-0.25, -0.2) is 4.98 Å². The van der Waals surface area contributed by atoms with Crippen LogP contribution in [0.2, 0.25) is 5.15 Å². The first-order valence-electron chi connectivity index (χ1n) is 5.12. The second kappa shape index (κ2) is 4.08. The molecule has 0 unspecified atom stereocenters. The van der Waals surface area contributed by atoms with Crippen molar-refractivity contribution in [2.24, 2.45) is 0 Å². The normalized spacial score (nSPS) is 17.3. The lowest BCUT2D eigenvalue weighted by atomic mass is 10.3. The van der Waals surface area contributed by atoms with Crippen molar-refractivity contribution >= 4 is 46.6 Å². The van der Waals surface area contributed by atoms with Crippen molar-refractivity contribution in [1.29, 1.82) is 0 Å². The number of hydrogen-bond donors (Lipinski definition) is 2. The molecule has 0 atom stereocenters. The lowest BCUT2D eigenvalue weighted by molar-refractivity contribution is -0.115. The van der Waals surface area contributed by atoms with Crippen LogP contribution in [0.1, 0.15) is 5.69 Å². The first kappa shape index (κ1) is 11.2. The van der Waals surface area contributed by atoms with Crippen LogP contribution < -0.4 is 10.6 Å². The minimum atomic E-state index is -0.276. The van der Waals surface area contributed by atoms with Gasteiger partial charge >= 0.3 is 0 Å². The van der Waals surface area contributed by atoms with Gasteiger partial charge in [-0.3, -0.25) is 14.5 Å². The van der Waals surface area contributed by atoms with Gasteiger partial charge in [0.25, 0.3) is 5.91 Å². The predicted octanol–water partition coefficient (Wildman–Crippen LogP) is 1.33.